The van der Waals surface area contributed by atoms with E-state index in [1.54, 1.807) is 0 Å². The van der Waals surface area contributed by atoms with E-state index < -0.39 is 0 Å². The summed E-state index contributed by atoms with van der Waals surface area (Å²) < 4.78 is 6.15. The SMILES string of the molecule is CCCC(C)(CC)C(=O)OC(c1ccccc1)C1CCCCC1. The lowest BCUT2D eigenvalue weighted by Gasteiger charge is -2.34. The first-order valence-corrected chi connectivity index (χ1v) is 9.36. The molecule has 0 spiro atoms. The Morgan fingerprint density at radius 1 is 1.17 bits per heavy atom. The summed E-state index contributed by atoms with van der Waals surface area (Å²) in [4.78, 5) is 12.9. The zero-order valence-electron chi connectivity index (χ0n) is 15.0. The molecule has 0 amide bonds. The van der Waals surface area contributed by atoms with Crippen LogP contribution in [-0.4, -0.2) is 5.97 Å². The first-order valence-electron chi connectivity index (χ1n) is 9.36. The molecular formula is C21H32O2. The second kappa shape index (κ2) is 8.52. The molecule has 2 atom stereocenters. The molecule has 0 radical (unpaired) electrons. The maximum absolute atomic E-state index is 12.9. The molecule has 23 heavy (non-hydrogen) atoms. The molecule has 0 aromatic heterocycles. The van der Waals surface area contributed by atoms with Crippen molar-refractivity contribution in [2.45, 2.75) is 78.2 Å². The van der Waals surface area contributed by atoms with Gasteiger partial charge in [-0.25, -0.2) is 0 Å². The van der Waals surface area contributed by atoms with Crippen molar-refractivity contribution in [2.75, 3.05) is 0 Å². The van der Waals surface area contributed by atoms with Crippen molar-refractivity contribution in [1.29, 1.82) is 0 Å². The van der Waals surface area contributed by atoms with E-state index in [9.17, 15) is 4.79 Å². The third-order valence-corrected chi connectivity index (χ3v) is 5.51. The van der Waals surface area contributed by atoms with Crippen LogP contribution in [0.5, 0.6) is 0 Å². The Labute approximate surface area is 141 Å². The number of benzene rings is 1. The lowest BCUT2D eigenvalue weighted by Crippen LogP contribution is -2.32. The van der Waals surface area contributed by atoms with Gasteiger partial charge in [-0.2, -0.15) is 0 Å². The standard InChI is InChI=1S/C21H32O2/c1-4-16-21(3,5-2)20(22)23-19(17-12-8-6-9-13-17)18-14-10-7-11-15-18/h6,8-9,12-13,18-19H,4-5,7,10-11,14-16H2,1-3H3. The van der Waals surface area contributed by atoms with Crippen LogP contribution in [0, 0.1) is 11.3 Å². The van der Waals surface area contributed by atoms with Gasteiger partial charge in [0.1, 0.15) is 6.10 Å². The van der Waals surface area contributed by atoms with Crippen LogP contribution < -0.4 is 0 Å². The molecule has 0 saturated heterocycles. The molecule has 2 heteroatoms. The highest BCUT2D eigenvalue weighted by atomic mass is 16.5. The number of ether oxygens (including phenoxy) is 1. The number of rotatable bonds is 7. The molecule has 2 rings (SSSR count). The summed E-state index contributed by atoms with van der Waals surface area (Å²) in [5.74, 6) is 0.458. The van der Waals surface area contributed by atoms with Gasteiger partial charge < -0.3 is 4.74 Å². The monoisotopic (exact) mass is 316 g/mol. The molecular weight excluding hydrogens is 284 g/mol. The molecule has 2 nitrogen and oxygen atoms in total. The quantitative estimate of drug-likeness (QED) is 0.571. The second-order valence-corrected chi connectivity index (χ2v) is 7.30. The molecule has 1 aromatic rings. The van der Waals surface area contributed by atoms with Crippen molar-refractivity contribution in [1.82, 2.24) is 0 Å². The summed E-state index contributed by atoms with van der Waals surface area (Å²) in [6, 6.07) is 10.3. The minimum atomic E-state index is -0.351. The molecule has 0 aliphatic heterocycles. The molecule has 1 aliphatic carbocycles. The number of carbonyl (C=O) groups is 1. The zero-order chi connectivity index (χ0) is 16.7. The minimum Gasteiger partial charge on any atom is -0.457 e. The van der Waals surface area contributed by atoms with Gasteiger partial charge in [-0.3, -0.25) is 4.79 Å². The summed E-state index contributed by atoms with van der Waals surface area (Å²) in [7, 11) is 0. The van der Waals surface area contributed by atoms with Gasteiger partial charge in [-0.15, -0.1) is 0 Å². The van der Waals surface area contributed by atoms with Crippen molar-refractivity contribution in [2.24, 2.45) is 11.3 Å². The number of hydrogen-bond acceptors (Lipinski definition) is 2. The fraction of sp³-hybridized carbons (Fsp3) is 0.667. The van der Waals surface area contributed by atoms with E-state index in [0.29, 0.717) is 5.92 Å². The van der Waals surface area contributed by atoms with Crippen LogP contribution in [0.4, 0.5) is 0 Å². The van der Waals surface area contributed by atoms with Crippen LogP contribution in [0.15, 0.2) is 30.3 Å². The van der Waals surface area contributed by atoms with E-state index in [2.05, 4.69) is 32.9 Å². The van der Waals surface area contributed by atoms with Gasteiger partial charge in [-0.05, 0) is 38.2 Å². The maximum Gasteiger partial charge on any atom is 0.312 e. The van der Waals surface area contributed by atoms with Crippen LogP contribution in [0.3, 0.4) is 0 Å². The summed E-state index contributed by atoms with van der Waals surface area (Å²) in [6.07, 6.45) is 8.84. The van der Waals surface area contributed by atoms with E-state index in [-0.39, 0.29) is 17.5 Å². The third kappa shape index (κ3) is 4.59. The number of hydrogen-bond donors (Lipinski definition) is 0. The minimum absolute atomic E-state index is 0.0127. The van der Waals surface area contributed by atoms with Gasteiger partial charge in [-0.1, -0.05) is 69.9 Å². The molecule has 0 heterocycles. The molecule has 0 N–H and O–H groups in total. The Morgan fingerprint density at radius 2 is 1.83 bits per heavy atom. The normalized spacial score (nSPS) is 19.8. The first kappa shape index (κ1) is 18.0. The van der Waals surface area contributed by atoms with E-state index in [4.69, 9.17) is 4.74 Å². The predicted octanol–water partition coefficient (Wildman–Crippen LogP) is 6.07. The molecule has 1 fully saturated rings. The van der Waals surface area contributed by atoms with Crippen LogP contribution in [0.1, 0.15) is 83.8 Å². The Balaban J connectivity index is 2.18. The van der Waals surface area contributed by atoms with Crippen molar-refractivity contribution >= 4 is 5.97 Å². The highest BCUT2D eigenvalue weighted by Gasteiger charge is 2.36. The van der Waals surface area contributed by atoms with Crippen molar-refractivity contribution < 1.29 is 9.53 Å². The Morgan fingerprint density at radius 3 is 2.39 bits per heavy atom. The van der Waals surface area contributed by atoms with Crippen molar-refractivity contribution in [3.63, 3.8) is 0 Å². The summed E-state index contributed by atoms with van der Waals surface area (Å²) in [5.41, 5.74) is 0.805. The van der Waals surface area contributed by atoms with E-state index in [1.165, 1.54) is 32.1 Å². The molecule has 1 aromatic carbocycles. The van der Waals surface area contributed by atoms with E-state index in [1.807, 2.05) is 18.2 Å². The topological polar surface area (TPSA) is 26.3 Å². The predicted molar refractivity (Wildman–Crippen MR) is 95.2 cm³/mol. The zero-order valence-corrected chi connectivity index (χ0v) is 15.0. The average molecular weight is 316 g/mol. The van der Waals surface area contributed by atoms with Gasteiger partial charge in [0.05, 0.1) is 5.41 Å². The largest absolute Gasteiger partial charge is 0.457 e. The molecule has 1 aliphatic rings. The van der Waals surface area contributed by atoms with Gasteiger partial charge in [0.25, 0.3) is 0 Å². The average Bonchev–Trinajstić information content (AvgIpc) is 2.61. The highest BCUT2D eigenvalue weighted by Crippen LogP contribution is 2.39. The van der Waals surface area contributed by atoms with Gasteiger partial charge in [0, 0.05) is 5.92 Å². The second-order valence-electron chi connectivity index (χ2n) is 7.30. The van der Waals surface area contributed by atoms with Crippen LogP contribution in [0.25, 0.3) is 0 Å². The van der Waals surface area contributed by atoms with Gasteiger partial charge in [0.2, 0.25) is 0 Å². The molecule has 128 valence electrons. The van der Waals surface area contributed by atoms with Gasteiger partial charge >= 0.3 is 5.97 Å². The Hall–Kier alpha value is -1.31. The summed E-state index contributed by atoms with van der Waals surface area (Å²) >= 11 is 0. The number of carbonyl (C=O) groups excluding carboxylic acids is 1. The third-order valence-electron chi connectivity index (χ3n) is 5.51. The van der Waals surface area contributed by atoms with Gasteiger partial charge in [0.15, 0.2) is 0 Å². The maximum atomic E-state index is 12.9. The fourth-order valence-electron chi connectivity index (χ4n) is 3.75. The molecule has 1 saturated carbocycles. The van der Waals surface area contributed by atoms with E-state index >= 15 is 0 Å². The Bertz CT molecular complexity index is 476. The fourth-order valence-corrected chi connectivity index (χ4v) is 3.75. The summed E-state index contributed by atoms with van der Waals surface area (Å²) in [5, 5.41) is 0. The number of esters is 1. The lowest BCUT2D eigenvalue weighted by molar-refractivity contribution is -0.165. The van der Waals surface area contributed by atoms with Crippen LogP contribution >= 0.6 is 0 Å². The summed E-state index contributed by atoms with van der Waals surface area (Å²) in [6.45, 7) is 6.29. The molecule has 0 bridgehead atoms. The highest BCUT2D eigenvalue weighted by molar-refractivity contribution is 5.76. The Kier molecular flexibility index (Phi) is 6.68. The van der Waals surface area contributed by atoms with Crippen molar-refractivity contribution in [3.8, 4) is 0 Å². The van der Waals surface area contributed by atoms with E-state index in [0.717, 1.165) is 24.8 Å². The van der Waals surface area contributed by atoms with Crippen LogP contribution in [0.2, 0.25) is 0 Å². The van der Waals surface area contributed by atoms with Crippen LogP contribution in [-0.2, 0) is 9.53 Å². The lowest BCUT2D eigenvalue weighted by atomic mass is 9.81. The smallest absolute Gasteiger partial charge is 0.312 e. The molecule has 2 unspecified atom stereocenters. The first-order chi connectivity index (χ1) is 11.1. The van der Waals surface area contributed by atoms with Crippen molar-refractivity contribution in [3.05, 3.63) is 35.9 Å².